The van der Waals surface area contributed by atoms with Crippen molar-refractivity contribution in [3.63, 3.8) is 0 Å². The van der Waals surface area contributed by atoms with Crippen LogP contribution in [0.2, 0.25) is 0 Å². The second kappa shape index (κ2) is 8.83. The fourth-order valence-electron chi connectivity index (χ4n) is 4.03. The molecule has 1 aromatic carbocycles. The number of aromatic nitrogens is 3. The molecule has 0 bridgehead atoms. The van der Waals surface area contributed by atoms with Crippen molar-refractivity contribution in [2.45, 2.75) is 33.1 Å². The third-order valence-electron chi connectivity index (χ3n) is 5.58. The second-order valence-corrected chi connectivity index (χ2v) is 8.04. The second-order valence-electron chi connectivity index (χ2n) is 8.04. The van der Waals surface area contributed by atoms with Gasteiger partial charge in [0.05, 0.1) is 5.39 Å². The third kappa shape index (κ3) is 4.62. The lowest BCUT2D eigenvalue weighted by atomic mass is 10.1. The average Bonchev–Trinajstić information content (AvgIpc) is 3.34. The lowest BCUT2D eigenvalue weighted by molar-refractivity contribution is -0.118. The summed E-state index contributed by atoms with van der Waals surface area (Å²) >= 11 is 0. The van der Waals surface area contributed by atoms with Gasteiger partial charge in [0.15, 0.2) is 12.3 Å². The van der Waals surface area contributed by atoms with Gasteiger partial charge in [0.1, 0.15) is 0 Å². The van der Waals surface area contributed by atoms with Gasteiger partial charge in [-0.3, -0.25) is 4.79 Å². The van der Waals surface area contributed by atoms with Gasteiger partial charge in [-0.05, 0) is 75.5 Å². The highest BCUT2D eigenvalue weighted by atomic mass is 16.5. The molecule has 0 unspecified atom stereocenters. The van der Waals surface area contributed by atoms with E-state index in [1.54, 1.807) is 4.68 Å². The number of rotatable bonds is 7. The first-order chi connectivity index (χ1) is 14.5. The van der Waals surface area contributed by atoms with Gasteiger partial charge in [-0.15, -0.1) is 5.10 Å². The summed E-state index contributed by atoms with van der Waals surface area (Å²) in [5.74, 6) is 0.223. The lowest BCUT2D eigenvalue weighted by Gasteiger charge is -2.14. The Kier molecular flexibility index (Phi) is 5.99. The number of fused-ring (bicyclic) bond motifs is 1. The average molecular weight is 408 g/mol. The molecule has 1 fully saturated rings. The van der Waals surface area contributed by atoms with Gasteiger partial charge in [0.2, 0.25) is 5.88 Å². The molecule has 7 nitrogen and oxygen atoms in total. The predicted molar refractivity (Wildman–Crippen MR) is 118 cm³/mol. The fourth-order valence-corrected chi connectivity index (χ4v) is 4.03. The van der Waals surface area contributed by atoms with Crippen LogP contribution in [0.3, 0.4) is 0 Å². The Morgan fingerprint density at radius 2 is 1.90 bits per heavy atom. The number of hydrogen-bond acceptors (Lipinski definition) is 5. The Hall–Kier alpha value is -2.93. The Morgan fingerprint density at radius 3 is 2.63 bits per heavy atom. The molecule has 4 rings (SSSR count). The van der Waals surface area contributed by atoms with Crippen molar-refractivity contribution < 1.29 is 9.53 Å². The molecular formula is C23H29N5O2. The van der Waals surface area contributed by atoms with Crippen molar-refractivity contribution in [1.29, 1.82) is 0 Å². The summed E-state index contributed by atoms with van der Waals surface area (Å²) in [4.78, 5) is 19.4. The van der Waals surface area contributed by atoms with Crippen molar-refractivity contribution in [2.24, 2.45) is 7.05 Å². The number of carbonyl (C=O) groups excluding carboxylic acids is 1. The molecule has 3 heterocycles. The molecule has 0 atom stereocenters. The van der Waals surface area contributed by atoms with Crippen LogP contribution in [0.25, 0.3) is 11.0 Å². The Balaban J connectivity index is 1.32. The van der Waals surface area contributed by atoms with E-state index in [0.29, 0.717) is 5.88 Å². The minimum Gasteiger partial charge on any atom is -0.466 e. The van der Waals surface area contributed by atoms with E-state index < -0.39 is 0 Å². The summed E-state index contributed by atoms with van der Waals surface area (Å²) in [7, 11) is 1.83. The number of benzene rings is 1. The molecule has 1 saturated heterocycles. The van der Waals surface area contributed by atoms with Crippen molar-refractivity contribution >= 4 is 22.6 Å². The molecule has 158 valence electrons. The number of amides is 1. The quantitative estimate of drug-likeness (QED) is 0.651. The van der Waals surface area contributed by atoms with Crippen LogP contribution in [0.1, 0.15) is 29.7 Å². The molecule has 1 aliphatic heterocycles. The van der Waals surface area contributed by atoms with Crippen LogP contribution in [0, 0.1) is 13.8 Å². The molecule has 7 heteroatoms. The Labute approximate surface area is 177 Å². The summed E-state index contributed by atoms with van der Waals surface area (Å²) in [6.45, 7) is 7.38. The van der Waals surface area contributed by atoms with E-state index in [0.717, 1.165) is 40.9 Å². The minimum absolute atomic E-state index is 0.101. The molecule has 1 aliphatic rings. The highest BCUT2D eigenvalue weighted by Crippen LogP contribution is 2.27. The molecule has 0 spiro atoms. The maximum atomic E-state index is 12.4. The van der Waals surface area contributed by atoms with E-state index in [1.165, 1.54) is 31.5 Å². The summed E-state index contributed by atoms with van der Waals surface area (Å²) in [5.41, 5.74) is 4.77. The van der Waals surface area contributed by atoms with Crippen LogP contribution in [0.4, 0.5) is 5.69 Å². The van der Waals surface area contributed by atoms with Gasteiger partial charge in [0.25, 0.3) is 5.91 Å². The van der Waals surface area contributed by atoms with Crippen molar-refractivity contribution in [2.75, 3.05) is 31.6 Å². The maximum absolute atomic E-state index is 12.4. The van der Waals surface area contributed by atoms with Gasteiger partial charge >= 0.3 is 0 Å². The number of hydrogen-bond donors (Lipinski definition) is 1. The maximum Gasteiger partial charge on any atom is 0.262 e. The molecule has 3 aromatic rings. The summed E-state index contributed by atoms with van der Waals surface area (Å²) in [6.07, 6.45) is 3.67. The number of aryl methyl sites for hydroxylation is 3. The van der Waals surface area contributed by atoms with E-state index in [-0.39, 0.29) is 12.5 Å². The first kappa shape index (κ1) is 20.3. The highest BCUT2D eigenvalue weighted by molar-refractivity contribution is 5.92. The number of likely N-dealkylation sites (tertiary alicyclic amines) is 1. The minimum atomic E-state index is -0.212. The molecule has 30 heavy (non-hydrogen) atoms. The van der Waals surface area contributed by atoms with Gasteiger partial charge in [0, 0.05) is 25.0 Å². The van der Waals surface area contributed by atoms with E-state index in [2.05, 4.69) is 32.4 Å². The number of carbonyl (C=O) groups is 1. The van der Waals surface area contributed by atoms with Crippen molar-refractivity contribution in [3.8, 4) is 5.88 Å². The van der Waals surface area contributed by atoms with Crippen LogP contribution in [-0.2, 0) is 18.3 Å². The number of pyridine rings is 1. The zero-order valence-electron chi connectivity index (χ0n) is 17.9. The van der Waals surface area contributed by atoms with E-state index in [1.807, 2.05) is 39.1 Å². The van der Waals surface area contributed by atoms with Crippen LogP contribution in [0.15, 0.2) is 30.3 Å². The smallest absolute Gasteiger partial charge is 0.262 e. The summed E-state index contributed by atoms with van der Waals surface area (Å²) in [6, 6.07) is 10.0. The number of nitrogens with one attached hydrogen (secondary N) is 1. The number of ether oxygens (including phenoxy) is 1. The Bertz CT molecular complexity index is 1040. The van der Waals surface area contributed by atoms with Crippen LogP contribution in [0.5, 0.6) is 5.88 Å². The van der Waals surface area contributed by atoms with E-state index in [9.17, 15) is 4.79 Å². The first-order valence-corrected chi connectivity index (χ1v) is 10.5. The molecule has 0 aliphatic carbocycles. The van der Waals surface area contributed by atoms with Gasteiger partial charge in [-0.25, -0.2) is 9.67 Å². The highest BCUT2D eigenvalue weighted by Gasteiger charge is 2.16. The number of nitrogens with zero attached hydrogens (tertiary/aromatic N) is 4. The number of anilines is 1. The largest absolute Gasteiger partial charge is 0.466 e. The molecule has 2 aromatic heterocycles. The summed E-state index contributed by atoms with van der Waals surface area (Å²) in [5, 5.41) is 8.12. The monoisotopic (exact) mass is 407 g/mol. The predicted octanol–water partition coefficient (Wildman–Crippen LogP) is 3.24. The SMILES string of the molecule is Cc1cc(C)c2c(OCC(=O)Nc3ccc(CCN4CCCC4)cc3)nn(C)c2n1. The normalized spacial score (nSPS) is 14.4. The van der Waals surface area contributed by atoms with Crippen molar-refractivity contribution in [1.82, 2.24) is 19.7 Å². The molecule has 1 N–H and O–H groups in total. The van der Waals surface area contributed by atoms with Crippen LogP contribution < -0.4 is 10.1 Å². The third-order valence-corrected chi connectivity index (χ3v) is 5.58. The summed E-state index contributed by atoms with van der Waals surface area (Å²) < 4.78 is 7.41. The topological polar surface area (TPSA) is 72.3 Å². The van der Waals surface area contributed by atoms with Gasteiger partial charge in [-0.2, -0.15) is 0 Å². The van der Waals surface area contributed by atoms with Crippen LogP contribution in [-0.4, -0.2) is 51.8 Å². The van der Waals surface area contributed by atoms with E-state index >= 15 is 0 Å². The van der Waals surface area contributed by atoms with E-state index in [4.69, 9.17) is 4.74 Å². The van der Waals surface area contributed by atoms with Gasteiger partial charge in [-0.1, -0.05) is 12.1 Å². The zero-order valence-corrected chi connectivity index (χ0v) is 17.9. The first-order valence-electron chi connectivity index (χ1n) is 10.5. The standard InChI is InChI=1S/C23H29N5O2/c1-16-14-17(2)24-22-21(16)23(26-27(22)3)30-15-20(29)25-19-8-6-18(7-9-19)10-13-28-11-4-5-12-28/h6-9,14H,4-5,10-13,15H2,1-3H3,(H,25,29). The fraction of sp³-hybridized carbons (Fsp3) is 0.435. The van der Waals surface area contributed by atoms with Crippen LogP contribution >= 0.6 is 0 Å². The molecule has 0 radical (unpaired) electrons. The molecular weight excluding hydrogens is 378 g/mol. The van der Waals surface area contributed by atoms with Gasteiger partial charge < -0.3 is 15.0 Å². The van der Waals surface area contributed by atoms with Crippen molar-refractivity contribution in [3.05, 3.63) is 47.2 Å². The molecule has 1 amide bonds. The Morgan fingerprint density at radius 1 is 1.17 bits per heavy atom. The zero-order chi connectivity index (χ0) is 21.1. The molecule has 0 saturated carbocycles. The lowest BCUT2D eigenvalue weighted by Crippen LogP contribution is -2.22.